The van der Waals surface area contributed by atoms with Crippen LogP contribution in [0.2, 0.25) is 0 Å². The molecule has 1 aromatic rings. The number of ether oxygens (including phenoxy) is 1. The number of pyridine rings is 1. The first-order valence-corrected chi connectivity index (χ1v) is 4.21. The summed E-state index contributed by atoms with van der Waals surface area (Å²) in [6.07, 6.45) is 2.57. The predicted octanol–water partition coefficient (Wildman–Crippen LogP) is -0.00620. The predicted molar refractivity (Wildman–Crippen MR) is 52.7 cm³/mol. The summed E-state index contributed by atoms with van der Waals surface area (Å²) >= 11 is 0. The Morgan fingerprint density at radius 1 is 1.79 bits per heavy atom. The lowest BCUT2D eigenvalue weighted by atomic mass is 10.3. The molecule has 76 valence electrons. The summed E-state index contributed by atoms with van der Waals surface area (Å²) in [5.41, 5.74) is 5.97. The second-order valence-electron chi connectivity index (χ2n) is 2.69. The van der Waals surface area contributed by atoms with Gasteiger partial charge in [0.1, 0.15) is 6.10 Å². The average Bonchev–Trinajstić information content (AvgIpc) is 2.21. The second kappa shape index (κ2) is 5.31. The Morgan fingerprint density at radius 3 is 3.07 bits per heavy atom. The molecule has 0 radical (unpaired) electrons. The molecule has 0 aromatic carbocycles. The summed E-state index contributed by atoms with van der Waals surface area (Å²) in [7, 11) is 1.44. The van der Waals surface area contributed by atoms with Crippen LogP contribution in [0.25, 0.3) is 0 Å². The molecule has 0 aliphatic rings. The van der Waals surface area contributed by atoms with Crippen LogP contribution in [0.4, 0.5) is 5.69 Å². The van der Waals surface area contributed by atoms with Crippen molar-refractivity contribution in [3.05, 3.63) is 24.5 Å². The van der Waals surface area contributed by atoms with Gasteiger partial charge in [-0.05, 0) is 12.1 Å². The van der Waals surface area contributed by atoms with E-state index in [-0.39, 0.29) is 12.5 Å². The van der Waals surface area contributed by atoms with E-state index in [9.17, 15) is 4.79 Å². The number of amides is 1. The van der Waals surface area contributed by atoms with Crippen molar-refractivity contribution in [1.29, 1.82) is 0 Å². The van der Waals surface area contributed by atoms with E-state index in [1.807, 2.05) is 0 Å². The van der Waals surface area contributed by atoms with Crippen molar-refractivity contribution in [2.24, 2.45) is 5.73 Å². The van der Waals surface area contributed by atoms with E-state index in [1.165, 1.54) is 7.11 Å². The van der Waals surface area contributed by atoms with Crippen molar-refractivity contribution < 1.29 is 9.53 Å². The minimum absolute atomic E-state index is 0.155. The van der Waals surface area contributed by atoms with Crippen molar-refractivity contribution >= 4 is 11.6 Å². The molecule has 0 fully saturated rings. The van der Waals surface area contributed by atoms with Gasteiger partial charge in [0, 0.05) is 19.9 Å². The minimum Gasteiger partial charge on any atom is -0.370 e. The van der Waals surface area contributed by atoms with E-state index < -0.39 is 6.10 Å². The summed E-state index contributed by atoms with van der Waals surface area (Å²) in [5.74, 6) is -0.261. The molecule has 14 heavy (non-hydrogen) atoms. The molecule has 1 unspecified atom stereocenters. The van der Waals surface area contributed by atoms with Crippen LogP contribution in [0.1, 0.15) is 0 Å². The lowest BCUT2D eigenvalue weighted by Crippen LogP contribution is -2.35. The van der Waals surface area contributed by atoms with Gasteiger partial charge < -0.3 is 15.8 Å². The first-order chi connectivity index (χ1) is 6.77. The Balaban J connectivity index is 2.57. The zero-order valence-electron chi connectivity index (χ0n) is 7.93. The van der Waals surface area contributed by atoms with Crippen LogP contribution >= 0.6 is 0 Å². The van der Waals surface area contributed by atoms with Crippen LogP contribution in [0.3, 0.4) is 0 Å². The van der Waals surface area contributed by atoms with Gasteiger partial charge in [0.25, 0.3) is 5.91 Å². The highest BCUT2D eigenvalue weighted by Gasteiger charge is 2.15. The third kappa shape index (κ3) is 2.79. The third-order valence-corrected chi connectivity index (χ3v) is 1.72. The van der Waals surface area contributed by atoms with E-state index in [2.05, 4.69) is 10.3 Å². The van der Waals surface area contributed by atoms with Gasteiger partial charge in [0.2, 0.25) is 0 Å². The molecule has 0 spiro atoms. The standard InChI is InChI=1S/C9H13N3O2/c1-14-8(5-10)9(13)12-7-3-2-4-11-6-7/h2-4,6,8H,5,10H2,1H3,(H,12,13). The number of rotatable bonds is 4. The topological polar surface area (TPSA) is 77.2 Å². The molecule has 1 rings (SSSR count). The molecule has 1 heterocycles. The summed E-state index contributed by atoms with van der Waals surface area (Å²) in [5, 5.41) is 2.64. The first-order valence-electron chi connectivity index (χ1n) is 4.21. The number of nitrogens with two attached hydrogens (primary N) is 1. The van der Waals surface area contributed by atoms with Crippen LogP contribution in [0.15, 0.2) is 24.5 Å². The number of carbonyl (C=O) groups is 1. The van der Waals surface area contributed by atoms with Gasteiger partial charge in [-0.3, -0.25) is 9.78 Å². The lowest BCUT2D eigenvalue weighted by Gasteiger charge is -2.12. The third-order valence-electron chi connectivity index (χ3n) is 1.72. The molecular formula is C9H13N3O2. The number of hydrogen-bond acceptors (Lipinski definition) is 4. The first kappa shape index (κ1) is 10.6. The van der Waals surface area contributed by atoms with E-state index in [0.29, 0.717) is 5.69 Å². The number of nitrogens with one attached hydrogen (secondary N) is 1. The quantitative estimate of drug-likeness (QED) is 0.708. The van der Waals surface area contributed by atoms with Crippen molar-refractivity contribution in [2.75, 3.05) is 19.0 Å². The van der Waals surface area contributed by atoms with Crippen LogP contribution in [0, 0.1) is 0 Å². The Hall–Kier alpha value is -1.46. The van der Waals surface area contributed by atoms with Crippen molar-refractivity contribution in [3.63, 3.8) is 0 Å². The lowest BCUT2D eigenvalue weighted by molar-refractivity contribution is -0.125. The Bertz CT molecular complexity index is 285. The molecule has 5 heteroatoms. The van der Waals surface area contributed by atoms with Crippen molar-refractivity contribution in [2.45, 2.75) is 6.10 Å². The average molecular weight is 195 g/mol. The molecule has 0 aliphatic carbocycles. The van der Waals surface area contributed by atoms with Gasteiger partial charge in [0.15, 0.2) is 0 Å². The highest BCUT2D eigenvalue weighted by Crippen LogP contribution is 2.03. The van der Waals surface area contributed by atoms with Gasteiger partial charge >= 0.3 is 0 Å². The van der Waals surface area contributed by atoms with Crippen LogP contribution in [0.5, 0.6) is 0 Å². The highest BCUT2D eigenvalue weighted by atomic mass is 16.5. The summed E-state index contributed by atoms with van der Waals surface area (Å²) in [6, 6.07) is 3.48. The Morgan fingerprint density at radius 2 is 2.57 bits per heavy atom. The molecule has 0 saturated carbocycles. The van der Waals surface area contributed by atoms with E-state index >= 15 is 0 Å². The van der Waals surface area contributed by atoms with Gasteiger partial charge in [-0.15, -0.1) is 0 Å². The SMILES string of the molecule is COC(CN)C(=O)Nc1cccnc1. The monoisotopic (exact) mass is 195 g/mol. The number of carbonyl (C=O) groups excluding carboxylic acids is 1. The van der Waals surface area contributed by atoms with E-state index in [1.54, 1.807) is 24.5 Å². The largest absolute Gasteiger partial charge is 0.370 e. The normalized spacial score (nSPS) is 12.1. The molecule has 0 aliphatic heterocycles. The van der Waals surface area contributed by atoms with Gasteiger partial charge in [-0.2, -0.15) is 0 Å². The Labute approximate surface area is 82.3 Å². The number of hydrogen-bond donors (Lipinski definition) is 2. The number of anilines is 1. The molecule has 1 aromatic heterocycles. The minimum atomic E-state index is -0.616. The molecule has 0 bridgehead atoms. The summed E-state index contributed by atoms with van der Waals surface area (Å²) < 4.78 is 4.88. The zero-order chi connectivity index (χ0) is 10.4. The fraction of sp³-hybridized carbons (Fsp3) is 0.333. The van der Waals surface area contributed by atoms with Gasteiger partial charge in [-0.1, -0.05) is 0 Å². The van der Waals surface area contributed by atoms with Gasteiger partial charge in [-0.25, -0.2) is 0 Å². The molecular weight excluding hydrogens is 182 g/mol. The zero-order valence-corrected chi connectivity index (χ0v) is 7.93. The molecule has 0 saturated heterocycles. The fourth-order valence-corrected chi connectivity index (χ4v) is 0.970. The number of aromatic nitrogens is 1. The van der Waals surface area contributed by atoms with Crippen LogP contribution in [-0.2, 0) is 9.53 Å². The highest BCUT2D eigenvalue weighted by molar-refractivity contribution is 5.94. The van der Waals surface area contributed by atoms with Crippen molar-refractivity contribution in [1.82, 2.24) is 4.98 Å². The molecule has 1 atom stereocenters. The number of nitrogens with zero attached hydrogens (tertiary/aromatic N) is 1. The maximum atomic E-state index is 11.4. The maximum Gasteiger partial charge on any atom is 0.254 e. The second-order valence-corrected chi connectivity index (χ2v) is 2.69. The fourth-order valence-electron chi connectivity index (χ4n) is 0.970. The number of methoxy groups -OCH3 is 1. The molecule has 3 N–H and O–H groups in total. The molecule has 1 amide bonds. The smallest absolute Gasteiger partial charge is 0.254 e. The summed E-state index contributed by atoms with van der Waals surface area (Å²) in [6.45, 7) is 0.155. The maximum absolute atomic E-state index is 11.4. The van der Waals surface area contributed by atoms with E-state index in [0.717, 1.165) is 0 Å². The Kier molecular flexibility index (Phi) is 4.03. The van der Waals surface area contributed by atoms with E-state index in [4.69, 9.17) is 10.5 Å². The van der Waals surface area contributed by atoms with Gasteiger partial charge in [0.05, 0.1) is 11.9 Å². The molecule has 5 nitrogen and oxygen atoms in total. The van der Waals surface area contributed by atoms with Crippen LogP contribution < -0.4 is 11.1 Å². The van der Waals surface area contributed by atoms with Crippen LogP contribution in [-0.4, -0.2) is 30.6 Å². The summed E-state index contributed by atoms with van der Waals surface area (Å²) in [4.78, 5) is 15.3. The van der Waals surface area contributed by atoms with Crippen molar-refractivity contribution in [3.8, 4) is 0 Å².